The summed E-state index contributed by atoms with van der Waals surface area (Å²) in [6, 6.07) is 16.5. The molecule has 1 fully saturated rings. The highest BCUT2D eigenvalue weighted by Crippen LogP contribution is 2.27. The van der Waals surface area contributed by atoms with Gasteiger partial charge in [0, 0.05) is 30.9 Å². The second-order valence-corrected chi connectivity index (χ2v) is 10.7. The Morgan fingerprint density at radius 2 is 1.69 bits per heavy atom. The van der Waals surface area contributed by atoms with Gasteiger partial charge in [0.05, 0.1) is 34.0 Å². The summed E-state index contributed by atoms with van der Waals surface area (Å²) in [6.07, 6.45) is 7.26. The molecule has 0 amide bonds. The minimum absolute atomic E-state index is 0.202. The smallest absolute Gasteiger partial charge is 0.261 e. The monoisotopic (exact) mass is 488 g/mol. The van der Waals surface area contributed by atoms with E-state index in [1.807, 2.05) is 24.4 Å². The van der Waals surface area contributed by atoms with E-state index in [0.29, 0.717) is 11.7 Å². The van der Waals surface area contributed by atoms with E-state index in [9.17, 15) is 8.42 Å². The zero-order valence-electron chi connectivity index (χ0n) is 19.8. The van der Waals surface area contributed by atoms with Gasteiger partial charge in [0.25, 0.3) is 10.0 Å². The molecule has 1 N–H and O–H groups in total. The van der Waals surface area contributed by atoms with Crippen LogP contribution in [0.1, 0.15) is 12.8 Å². The van der Waals surface area contributed by atoms with Crippen LogP contribution in [0.3, 0.4) is 0 Å². The van der Waals surface area contributed by atoms with Gasteiger partial charge in [-0.05, 0) is 62.8 Å². The van der Waals surface area contributed by atoms with Crippen LogP contribution in [0, 0.1) is 0 Å². The SMILES string of the molecule is CN(C)C1CCN(c2cnc3ccc(-c4cncc(NS(=O)(=O)c5ccccc5)c4)cc3n2)CC1. The lowest BCUT2D eigenvalue weighted by molar-refractivity contribution is 0.249. The van der Waals surface area contributed by atoms with Crippen LogP contribution in [-0.4, -0.2) is 61.5 Å². The molecule has 0 saturated carbocycles. The van der Waals surface area contributed by atoms with Crippen LogP contribution in [0.4, 0.5) is 11.5 Å². The molecule has 0 spiro atoms. The molecule has 1 aliphatic rings. The topological polar surface area (TPSA) is 91.3 Å². The first-order chi connectivity index (χ1) is 16.9. The number of pyridine rings is 1. The van der Waals surface area contributed by atoms with Gasteiger partial charge in [-0.15, -0.1) is 0 Å². The van der Waals surface area contributed by atoms with Crippen LogP contribution in [0.5, 0.6) is 0 Å². The van der Waals surface area contributed by atoms with Gasteiger partial charge in [-0.25, -0.2) is 13.4 Å². The third-order valence-electron chi connectivity index (χ3n) is 6.43. The second-order valence-electron chi connectivity index (χ2n) is 8.99. The van der Waals surface area contributed by atoms with Crippen molar-refractivity contribution in [1.82, 2.24) is 19.9 Å². The third-order valence-corrected chi connectivity index (χ3v) is 7.82. The maximum Gasteiger partial charge on any atom is 0.261 e. The number of rotatable bonds is 6. The Kier molecular flexibility index (Phi) is 6.36. The van der Waals surface area contributed by atoms with E-state index in [1.165, 1.54) is 6.20 Å². The van der Waals surface area contributed by atoms with E-state index in [4.69, 9.17) is 4.98 Å². The molecule has 9 heteroatoms. The van der Waals surface area contributed by atoms with Gasteiger partial charge in [-0.2, -0.15) is 0 Å². The minimum atomic E-state index is -3.70. The van der Waals surface area contributed by atoms with Crippen LogP contribution in [0.2, 0.25) is 0 Å². The Labute approximate surface area is 205 Å². The van der Waals surface area contributed by atoms with Gasteiger partial charge in [0.1, 0.15) is 5.82 Å². The van der Waals surface area contributed by atoms with Crippen LogP contribution in [0.15, 0.2) is 78.1 Å². The van der Waals surface area contributed by atoms with Gasteiger partial charge in [-0.3, -0.25) is 14.7 Å². The highest BCUT2D eigenvalue weighted by molar-refractivity contribution is 7.92. The van der Waals surface area contributed by atoms with E-state index in [0.717, 1.165) is 53.9 Å². The number of piperidine rings is 1. The number of aromatic nitrogens is 3. The van der Waals surface area contributed by atoms with E-state index < -0.39 is 10.0 Å². The van der Waals surface area contributed by atoms with Gasteiger partial charge in [0.2, 0.25) is 0 Å². The average molecular weight is 489 g/mol. The van der Waals surface area contributed by atoms with Crippen molar-refractivity contribution in [2.75, 3.05) is 36.8 Å². The molecule has 35 heavy (non-hydrogen) atoms. The summed E-state index contributed by atoms with van der Waals surface area (Å²) in [7, 11) is 0.571. The fourth-order valence-corrected chi connectivity index (χ4v) is 5.47. The summed E-state index contributed by atoms with van der Waals surface area (Å²) in [5, 5.41) is 0. The molecule has 0 bridgehead atoms. The lowest BCUT2D eigenvalue weighted by atomic mass is 10.0. The Morgan fingerprint density at radius 1 is 0.914 bits per heavy atom. The van der Waals surface area contributed by atoms with Crippen molar-refractivity contribution in [2.24, 2.45) is 0 Å². The summed E-state index contributed by atoms with van der Waals surface area (Å²) in [5.74, 6) is 0.884. The number of hydrogen-bond acceptors (Lipinski definition) is 7. The minimum Gasteiger partial charge on any atom is -0.355 e. The normalized spacial score (nSPS) is 15.0. The number of sulfonamides is 1. The fraction of sp³-hybridized carbons (Fsp3) is 0.269. The molecular formula is C26H28N6O2S. The molecule has 2 aromatic heterocycles. The molecular weight excluding hydrogens is 460 g/mol. The molecule has 0 radical (unpaired) electrons. The van der Waals surface area contributed by atoms with E-state index in [-0.39, 0.29) is 4.90 Å². The Morgan fingerprint density at radius 3 is 2.43 bits per heavy atom. The Bertz CT molecular complexity index is 1430. The maximum atomic E-state index is 12.7. The zero-order valence-corrected chi connectivity index (χ0v) is 20.6. The quantitative estimate of drug-likeness (QED) is 0.438. The van der Waals surface area contributed by atoms with Gasteiger partial charge in [-0.1, -0.05) is 24.3 Å². The van der Waals surface area contributed by atoms with Crippen molar-refractivity contribution >= 4 is 32.6 Å². The fourth-order valence-electron chi connectivity index (χ4n) is 4.41. The number of nitrogens with zero attached hydrogens (tertiary/aromatic N) is 5. The lowest BCUT2D eigenvalue weighted by Gasteiger charge is -2.35. The van der Waals surface area contributed by atoms with E-state index in [2.05, 4.69) is 38.6 Å². The highest BCUT2D eigenvalue weighted by atomic mass is 32.2. The first kappa shape index (κ1) is 23.2. The molecule has 3 heterocycles. The van der Waals surface area contributed by atoms with Crippen molar-refractivity contribution in [3.05, 3.63) is 73.2 Å². The first-order valence-electron chi connectivity index (χ1n) is 11.6. The van der Waals surface area contributed by atoms with Gasteiger partial charge in [0.15, 0.2) is 0 Å². The van der Waals surface area contributed by atoms with Crippen LogP contribution in [0.25, 0.3) is 22.2 Å². The summed E-state index contributed by atoms with van der Waals surface area (Å²) < 4.78 is 28.0. The van der Waals surface area contributed by atoms with Crippen molar-refractivity contribution in [1.29, 1.82) is 0 Å². The molecule has 0 atom stereocenters. The molecule has 5 rings (SSSR count). The largest absolute Gasteiger partial charge is 0.355 e. The summed E-state index contributed by atoms with van der Waals surface area (Å²) in [6.45, 7) is 1.91. The van der Waals surface area contributed by atoms with Crippen LogP contribution < -0.4 is 9.62 Å². The number of anilines is 2. The van der Waals surface area contributed by atoms with E-state index >= 15 is 0 Å². The molecule has 1 aliphatic heterocycles. The predicted octanol–water partition coefficient (Wildman–Crippen LogP) is 4.02. The lowest BCUT2D eigenvalue weighted by Crippen LogP contribution is -2.42. The predicted molar refractivity (Wildman–Crippen MR) is 139 cm³/mol. The summed E-state index contributed by atoms with van der Waals surface area (Å²) in [5.41, 5.74) is 3.69. The molecule has 180 valence electrons. The number of nitrogens with one attached hydrogen (secondary N) is 1. The maximum absolute atomic E-state index is 12.7. The number of fused-ring (bicyclic) bond motifs is 1. The molecule has 0 unspecified atom stereocenters. The van der Waals surface area contributed by atoms with Crippen LogP contribution in [-0.2, 0) is 10.0 Å². The van der Waals surface area contributed by atoms with Crippen molar-refractivity contribution < 1.29 is 8.42 Å². The van der Waals surface area contributed by atoms with Crippen LogP contribution >= 0.6 is 0 Å². The van der Waals surface area contributed by atoms with Crippen molar-refractivity contribution in [2.45, 2.75) is 23.8 Å². The van der Waals surface area contributed by atoms with Crippen molar-refractivity contribution in [3.8, 4) is 11.1 Å². The second kappa shape index (κ2) is 9.59. The average Bonchev–Trinajstić information content (AvgIpc) is 2.88. The van der Waals surface area contributed by atoms with Crippen molar-refractivity contribution in [3.63, 3.8) is 0 Å². The first-order valence-corrected chi connectivity index (χ1v) is 13.1. The summed E-state index contributed by atoms with van der Waals surface area (Å²) >= 11 is 0. The molecule has 0 aliphatic carbocycles. The number of benzene rings is 2. The molecule has 1 saturated heterocycles. The van der Waals surface area contributed by atoms with Gasteiger partial charge < -0.3 is 9.80 Å². The molecule has 2 aromatic carbocycles. The molecule has 4 aromatic rings. The van der Waals surface area contributed by atoms with E-state index in [1.54, 1.807) is 42.6 Å². The Hall–Kier alpha value is -3.56. The third kappa shape index (κ3) is 5.11. The number of hydrogen-bond donors (Lipinski definition) is 1. The molecule has 8 nitrogen and oxygen atoms in total. The Balaban J connectivity index is 1.39. The standard InChI is InChI=1S/C26H28N6O2S/c1-31(2)22-10-12-32(13-11-22)26-18-28-24-9-8-19(15-25(24)29-26)20-14-21(17-27-16-20)30-35(33,34)23-6-4-3-5-7-23/h3-9,14-18,22,30H,10-13H2,1-2H3. The summed E-state index contributed by atoms with van der Waals surface area (Å²) in [4.78, 5) is 18.6. The van der Waals surface area contributed by atoms with Gasteiger partial charge >= 0.3 is 0 Å². The highest BCUT2D eigenvalue weighted by Gasteiger charge is 2.22. The zero-order chi connectivity index (χ0) is 24.4.